The summed E-state index contributed by atoms with van der Waals surface area (Å²) in [6.07, 6.45) is 1.72. The molecular weight excluding hydrogens is 360 g/mol. The molecule has 5 heteroatoms. The molecule has 0 spiro atoms. The molecule has 0 aliphatic heterocycles. The topological polar surface area (TPSA) is 72.2 Å². The Hall–Kier alpha value is -3.37. The van der Waals surface area contributed by atoms with Gasteiger partial charge in [-0.25, -0.2) is 0 Å². The number of nitrogens with two attached hydrogens (primary N) is 1. The Balaban J connectivity index is 2.03. The van der Waals surface area contributed by atoms with E-state index in [1.165, 1.54) is 0 Å². The van der Waals surface area contributed by atoms with Crippen LogP contribution in [-0.2, 0) is 4.79 Å². The lowest BCUT2D eigenvalue weighted by Gasteiger charge is -2.12. The molecule has 3 N–H and O–H groups in total. The third-order valence-corrected chi connectivity index (χ3v) is 4.32. The lowest BCUT2D eigenvalue weighted by molar-refractivity contribution is -0.111. The Labute approximate surface area is 162 Å². The Bertz CT molecular complexity index is 1010. The van der Waals surface area contributed by atoms with E-state index in [4.69, 9.17) is 17.3 Å². The average Bonchev–Trinajstić information content (AvgIpc) is 2.68. The Morgan fingerprint density at radius 1 is 0.852 bits per heavy atom. The molecule has 0 unspecified atom stereocenters. The molecule has 3 aromatic rings. The number of primary amides is 1. The van der Waals surface area contributed by atoms with E-state index in [0.717, 1.165) is 11.1 Å². The fourth-order valence-electron chi connectivity index (χ4n) is 2.64. The first kappa shape index (κ1) is 18.4. The highest BCUT2D eigenvalue weighted by Crippen LogP contribution is 2.25. The second-order valence-corrected chi connectivity index (χ2v) is 6.22. The van der Waals surface area contributed by atoms with Gasteiger partial charge in [-0.05, 0) is 35.4 Å². The zero-order valence-electron chi connectivity index (χ0n) is 14.4. The molecule has 4 nitrogen and oxygen atoms in total. The van der Waals surface area contributed by atoms with Gasteiger partial charge in [0.2, 0.25) is 0 Å². The van der Waals surface area contributed by atoms with Gasteiger partial charge in [-0.1, -0.05) is 72.3 Å². The predicted molar refractivity (Wildman–Crippen MR) is 109 cm³/mol. The largest absolute Gasteiger partial charge is 0.366 e. The Morgan fingerprint density at radius 2 is 1.48 bits per heavy atom. The van der Waals surface area contributed by atoms with Gasteiger partial charge >= 0.3 is 0 Å². The molecule has 0 atom stereocenters. The molecule has 0 saturated carbocycles. The first-order valence-electron chi connectivity index (χ1n) is 8.28. The third kappa shape index (κ3) is 4.43. The molecule has 0 fully saturated rings. The first-order valence-corrected chi connectivity index (χ1v) is 8.66. The van der Waals surface area contributed by atoms with E-state index in [0.29, 0.717) is 16.3 Å². The second-order valence-electron chi connectivity index (χ2n) is 5.81. The van der Waals surface area contributed by atoms with Gasteiger partial charge in [0.15, 0.2) is 0 Å². The van der Waals surface area contributed by atoms with Crippen LogP contribution < -0.4 is 11.1 Å². The van der Waals surface area contributed by atoms with Crippen molar-refractivity contribution in [1.82, 2.24) is 0 Å². The van der Waals surface area contributed by atoms with Crippen LogP contribution in [0.4, 0.5) is 5.69 Å². The summed E-state index contributed by atoms with van der Waals surface area (Å²) in [5.41, 5.74) is 7.87. The van der Waals surface area contributed by atoms with Crippen molar-refractivity contribution in [3.63, 3.8) is 0 Å². The molecule has 3 aromatic carbocycles. The summed E-state index contributed by atoms with van der Waals surface area (Å²) in [5, 5.41) is 3.32. The van der Waals surface area contributed by atoms with Crippen molar-refractivity contribution in [2.24, 2.45) is 5.73 Å². The number of amides is 2. The maximum absolute atomic E-state index is 13.0. The van der Waals surface area contributed by atoms with Crippen LogP contribution in [0.25, 0.3) is 11.6 Å². The van der Waals surface area contributed by atoms with Crippen LogP contribution in [0.3, 0.4) is 0 Å². The molecule has 0 radical (unpaired) electrons. The zero-order valence-corrected chi connectivity index (χ0v) is 15.1. The van der Waals surface area contributed by atoms with Crippen LogP contribution in [0.1, 0.15) is 21.5 Å². The number of halogens is 1. The summed E-state index contributed by atoms with van der Waals surface area (Å²) in [6.45, 7) is 0. The number of carbonyl (C=O) groups excluding carboxylic acids is 2. The van der Waals surface area contributed by atoms with Gasteiger partial charge in [0.1, 0.15) is 0 Å². The van der Waals surface area contributed by atoms with E-state index in [2.05, 4.69) is 5.32 Å². The predicted octanol–water partition coefficient (Wildman–Crippen LogP) is 4.62. The number of hydrogen-bond acceptors (Lipinski definition) is 2. The van der Waals surface area contributed by atoms with Crippen molar-refractivity contribution in [3.8, 4) is 0 Å². The lowest BCUT2D eigenvalue weighted by Crippen LogP contribution is -2.19. The number of hydrogen-bond donors (Lipinski definition) is 2. The summed E-state index contributed by atoms with van der Waals surface area (Å²) in [6, 6.07) is 23.1. The highest BCUT2D eigenvalue weighted by atomic mass is 35.5. The van der Waals surface area contributed by atoms with Crippen molar-refractivity contribution in [3.05, 3.63) is 101 Å². The van der Waals surface area contributed by atoms with Crippen molar-refractivity contribution < 1.29 is 9.59 Å². The van der Waals surface area contributed by atoms with Crippen molar-refractivity contribution >= 4 is 40.8 Å². The molecule has 27 heavy (non-hydrogen) atoms. The standard InChI is InChI=1S/C22H17ClN2O2/c23-19-12-6-4-10-16(19)14-18(15-8-2-1-3-9-15)22(27)25-20-13-7-5-11-17(20)21(24)26/h1-14H,(H2,24,26)(H,25,27)/b18-14-. The summed E-state index contributed by atoms with van der Waals surface area (Å²) < 4.78 is 0. The molecule has 0 saturated heterocycles. The molecular formula is C22H17ClN2O2. The maximum Gasteiger partial charge on any atom is 0.256 e. The van der Waals surface area contributed by atoms with Crippen LogP contribution in [-0.4, -0.2) is 11.8 Å². The number of carbonyl (C=O) groups is 2. The molecule has 2 amide bonds. The van der Waals surface area contributed by atoms with E-state index < -0.39 is 5.91 Å². The van der Waals surface area contributed by atoms with Gasteiger partial charge in [0.05, 0.1) is 11.3 Å². The molecule has 0 aliphatic carbocycles. The van der Waals surface area contributed by atoms with E-state index in [1.54, 1.807) is 36.4 Å². The molecule has 0 heterocycles. The van der Waals surface area contributed by atoms with Crippen LogP contribution in [0.5, 0.6) is 0 Å². The minimum Gasteiger partial charge on any atom is -0.366 e. The second kappa shape index (κ2) is 8.34. The lowest BCUT2D eigenvalue weighted by atomic mass is 10.0. The number of rotatable bonds is 5. The minimum absolute atomic E-state index is 0.246. The van der Waals surface area contributed by atoms with E-state index in [9.17, 15) is 9.59 Å². The van der Waals surface area contributed by atoms with Crippen LogP contribution >= 0.6 is 11.6 Å². The number of para-hydroxylation sites is 1. The van der Waals surface area contributed by atoms with Gasteiger partial charge in [0.25, 0.3) is 11.8 Å². The van der Waals surface area contributed by atoms with Crippen molar-refractivity contribution in [2.45, 2.75) is 0 Å². The van der Waals surface area contributed by atoms with Gasteiger partial charge < -0.3 is 11.1 Å². The molecule has 0 aliphatic rings. The highest BCUT2D eigenvalue weighted by Gasteiger charge is 2.16. The summed E-state index contributed by atoms with van der Waals surface area (Å²) in [7, 11) is 0. The van der Waals surface area contributed by atoms with Gasteiger partial charge in [0, 0.05) is 10.6 Å². The minimum atomic E-state index is -0.609. The van der Waals surface area contributed by atoms with Crippen LogP contribution in [0.2, 0.25) is 5.02 Å². The first-order chi connectivity index (χ1) is 13.1. The summed E-state index contributed by atoms with van der Waals surface area (Å²) in [4.78, 5) is 24.6. The third-order valence-electron chi connectivity index (χ3n) is 3.98. The SMILES string of the molecule is NC(=O)c1ccccc1NC(=O)/C(=C\c1ccccc1Cl)c1ccccc1. The summed E-state index contributed by atoms with van der Waals surface area (Å²) >= 11 is 6.25. The molecule has 0 bridgehead atoms. The van der Waals surface area contributed by atoms with Crippen molar-refractivity contribution in [2.75, 3.05) is 5.32 Å². The number of benzene rings is 3. The van der Waals surface area contributed by atoms with E-state index >= 15 is 0 Å². The molecule has 3 rings (SSSR count). The Kier molecular flexibility index (Phi) is 5.69. The maximum atomic E-state index is 13.0. The highest BCUT2D eigenvalue weighted by molar-refractivity contribution is 6.34. The van der Waals surface area contributed by atoms with E-state index in [-0.39, 0.29) is 11.5 Å². The van der Waals surface area contributed by atoms with Crippen LogP contribution in [0.15, 0.2) is 78.9 Å². The quantitative estimate of drug-likeness (QED) is 0.503. The van der Waals surface area contributed by atoms with Crippen LogP contribution in [0, 0.1) is 0 Å². The monoisotopic (exact) mass is 376 g/mol. The fourth-order valence-corrected chi connectivity index (χ4v) is 2.83. The normalized spacial score (nSPS) is 11.1. The number of nitrogens with one attached hydrogen (secondary N) is 1. The van der Waals surface area contributed by atoms with Gasteiger partial charge in [-0.2, -0.15) is 0 Å². The van der Waals surface area contributed by atoms with Gasteiger partial charge in [-0.15, -0.1) is 0 Å². The average molecular weight is 377 g/mol. The Morgan fingerprint density at radius 3 is 2.19 bits per heavy atom. The zero-order chi connectivity index (χ0) is 19.2. The fraction of sp³-hybridized carbons (Fsp3) is 0. The van der Waals surface area contributed by atoms with E-state index in [1.807, 2.05) is 48.5 Å². The summed E-state index contributed by atoms with van der Waals surface area (Å²) in [5.74, 6) is -0.975. The van der Waals surface area contributed by atoms with Gasteiger partial charge in [-0.3, -0.25) is 9.59 Å². The smallest absolute Gasteiger partial charge is 0.256 e. The number of anilines is 1. The molecule has 134 valence electrons. The molecule has 0 aromatic heterocycles. The van der Waals surface area contributed by atoms with Crippen molar-refractivity contribution in [1.29, 1.82) is 0 Å².